The molecule has 4 rings (SSSR count). The number of hydrogen-bond acceptors (Lipinski definition) is 5. The second-order valence-corrected chi connectivity index (χ2v) is 7.19. The van der Waals surface area contributed by atoms with Gasteiger partial charge in [0.15, 0.2) is 5.82 Å². The van der Waals surface area contributed by atoms with Crippen molar-refractivity contribution < 1.29 is 4.79 Å². The van der Waals surface area contributed by atoms with Crippen molar-refractivity contribution in [2.75, 3.05) is 29.9 Å². The van der Waals surface area contributed by atoms with Gasteiger partial charge in [0.1, 0.15) is 11.5 Å². The predicted molar refractivity (Wildman–Crippen MR) is 121 cm³/mol. The maximum absolute atomic E-state index is 12.5. The van der Waals surface area contributed by atoms with E-state index in [1.165, 1.54) is 18.5 Å². The van der Waals surface area contributed by atoms with Gasteiger partial charge in [-0.3, -0.25) is 4.79 Å². The van der Waals surface area contributed by atoms with Gasteiger partial charge in [0.05, 0.1) is 0 Å². The molecule has 2 N–H and O–H groups in total. The van der Waals surface area contributed by atoms with Gasteiger partial charge < -0.3 is 15.5 Å². The van der Waals surface area contributed by atoms with E-state index in [2.05, 4.69) is 44.2 Å². The van der Waals surface area contributed by atoms with Crippen LogP contribution < -0.4 is 15.5 Å². The zero-order valence-corrected chi connectivity index (χ0v) is 16.8. The van der Waals surface area contributed by atoms with Crippen molar-refractivity contribution in [2.24, 2.45) is 0 Å². The quantitative estimate of drug-likeness (QED) is 0.576. The molecule has 0 spiro atoms. The Morgan fingerprint density at radius 1 is 1.03 bits per heavy atom. The Morgan fingerprint density at radius 2 is 1.77 bits per heavy atom. The number of nitrogens with one attached hydrogen (secondary N) is 2. The van der Waals surface area contributed by atoms with Crippen LogP contribution in [0.3, 0.4) is 0 Å². The van der Waals surface area contributed by atoms with Crippen molar-refractivity contribution in [1.82, 2.24) is 15.3 Å². The van der Waals surface area contributed by atoms with Crippen LogP contribution in [0.2, 0.25) is 0 Å². The van der Waals surface area contributed by atoms with Crippen LogP contribution in [0.4, 0.5) is 17.2 Å². The maximum atomic E-state index is 12.5. The van der Waals surface area contributed by atoms with E-state index in [0.29, 0.717) is 23.9 Å². The van der Waals surface area contributed by atoms with Crippen LogP contribution in [-0.4, -0.2) is 35.5 Å². The summed E-state index contributed by atoms with van der Waals surface area (Å²) in [5.74, 6) is 0.807. The van der Waals surface area contributed by atoms with Crippen molar-refractivity contribution in [3.63, 3.8) is 0 Å². The van der Waals surface area contributed by atoms with Crippen molar-refractivity contribution in [1.29, 1.82) is 0 Å². The Kier molecular flexibility index (Phi) is 6.03. The molecule has 2 heterocycles. The number of aromatic nitrogens is 2. The molecule has 6 heteroatoms. The van der Waals surface area contributed by atoms with Gasteiger partial charge in [-0.1, -0.05) is 36.4 Å². The third kappa shape index (κ3) is 4.66. The van der Waals surface area contributed by atoms with Crippen LogP contribution >= 0.6 is 0 Å². The zero-order valence-electron chi connectivity index (χ0n) is 16.8. The number of carbonyl (C=O) groups is 1. The first-order valence-corrected chi connectivity index (χ1v) is 10.2. The molecule has 0 bridgehead atoms. The SMILES string of the molecule is C=CCNC(=O)c1cc(Nc2ccc(N3CCCC3)cc2)nc(-c2ccccc2)n1. The van der Waals surface area contributed by atoms with Gasteiger partial charge in [-0.15, -0.1) is 6.58 Å². The largest absolute Gasteiger partial charge is 0.372 e. The highest BCUT2D eigenvalue weighted by Crippen LogP contribution is 2.25. The van der Waals surface area contributed by atoms with Gasteiger partial charge in [-0.2, -0.15) is 0 Å². The summed E-state index contributed by atoms with van der Waals surface area (Å²) < 4.78 is 0. The van der Waals surface area contributed by atoms with Crippen LogP contribution in [0, 0.1) is 0 Å². The number of amides is 1. The minimum Gasteiger partial charge on any atom is -0.372 e. The first-order chi connectivity index (χ1) is 14.7. The Morgan fingerprint density at radius 3 is 2.47 bits per heavy atom. The minimum atomic E-state index is -0.262. The van der Waals surface area contributed by atoms with E-state index >= 15 is 0 Å². The number of anilines is 3. The zero-order chi connectivity index (χ0) is 20.8. The van der Waals surface area contributed by atoms with E-state index in [1.807, 2.05) is 42.5 Å². The average molecular weight is 399 g/mol. The highest BCUT2D eigenvalue weighted by Gasteiger charge is 2.14. The highest BCUT2D eigenvalue weighted by atomic mass is 16.1. The van der Waals surface area contributed by atoms with Crippen LogP contribution in [0.5, 0.6) is 0 Å². The van der Waals surface area contributed by atoms with Crippen molar-refractivity contribution in [3.8, 4) is 11.4 Å². The Bertz CT molecular complexity index is 1010. The third-order valence-electron chi connectivity index (χ3n) is 5.01. The van der Waals surface area contributed by atoms with Crippen molar-refractivity contribution >= 4 is 23.1 Å². The normalized spacial score (nSPS) is 13.1. The lowest BCUT2D eigenvalue weighted by molar-refractivity contribution is 0.0953. The molecule has 1 aromatic heterocycles. The van der Waals surface area contributed by atoms with Crippen LogP contribution in [0.1, 0.15) is 23.3 Å². The third-order valence-corrected chi connectivity index (χ3v) is 5.01. The lowest BCUT2D eigenvalue weighted by Gasteiger charge is -2.18. The topological polar surface area (TPSA) is 70.2 Å². The van der Waals surface area contributed by atoms with Crippen LogP contribution in [0.15, 0.2) is 73.3 Å². The second kappa shape index (κ2) is 9.22. The number of nitrogens with zero attached hydrogens (tertiary/aromatic N) is 3. The Labute approximate surface area is 176 Å². The molecular weight excluding hydrogens is 374 g/mol. The standard InChI is InChI=1S/C24H25N5O/c1-2-14-25-24(30)21-17-22(28-23(27-21)18-8-4-3-5-9-18)26-19-10-12-20(13-11-19)29-15-6-7-16-29/h2-5,8-13,17H,1,6-7,14-16H2,(H,25,30)(H,26,27,28). The molecule has 1 aliphatic rings. The van der Waals surface area contributed by atoms with Crippen molar-refractivity contribution in [3.05, 3.63) is 79.0 Å². The molecule has 2 aromatic carbocycles. The fraction of sp³-hybridized carbons (Fsp3) is 0.208. The van der Waals surface area contributed by atoms with Gasteiger partial charge in [0, 0.05) is 42.6 Å². The molecule has 1 amide bonds. The molecule has 152 valence electrons. The molecule has 3 aromatic rings. The Balaban J connectivity index is 1.61. The maximum Gasteiger partial charge on any atom is 0.270 e. The van der Waals surface area contributed by atoms with E-state index in [0.717, 1.165) is 24.3 Å². The van der Waals surface area contributed by atoms with Crippen LogP contribution in [0.25, 0.3) is 11.4 Å². The lowest BCUT2D eigenvalue weighted by Crippen LogP contribution is -2.24. The van der Waals surface area contributed by atoms with E-state index < -0.39 is 0 Å². The summed E-state index contributed by atoms with van der Waals surface area (Å²) in [5.41, 5.74) is 3.30. The number of hydrogen-bond donors (Lipinski definition) is 2. The van der Waals surface area contributed by atoms with Crippen molar-refractivity contribution in [2.45, 2.75) is 12.8 Å². The fourth-order valence-corrected chi connectivity index (χ4v) is 3.48. The van der Waals surface area contributed by atoms with Gasteiger partial charge in [0.25, 0.3) is 5.91 Å². The van der Waals surface area contributed by atoms with Gasteiger partial charge in [-0.25, -0.2) is 9.97 Å². The van der Waals surface area contributed by atoms with E-state index in [1.54, 1.807) is 12.1 Å². The predicted octanol–water partition coefficient (Wildman–Crippen LogP) is 4.40. The highest BCUT2D eigenvalue weighted by molar-refractivity contribution is 5.93. The summed E-state index contributed by atoms with van der Waals surface area (Å²) in [6.07, 6.45) is 4.14. The molecular formula is C24H25N5O. The monoisotopic (exact) mass is 399 g/mol. The first kappa shape index (κ1) is 19.6. The second-order valence-electron chi connectivity index (χ2n) is 7.19. The van der Waals surface area contributed by atoms with E-state index in [-0.39, 0.29) is 5.91 Å². The molecule has 0 radical (unpaired) electrons. The number of rotatable bonds is 7. The lowest BCUT2D eigenvalue weighted by atomic mass is 10.2. The van der Waals surface area contributed by atoms with Gasteiger partial charge >= 0.3 is 0 Å². The first-order valence-electron chi connectivity index (χ1n) is 10.2. The molecule has 1 aliphatic heterocycles. The summed E-state index contributed by atoms with van der Waals surface area (Å²) in [6, 6.07) is 19.6. The molecule has 6 nitrogen and oxygen atoms in total. The van der Waals surface area contributed by atoms with Gasteiger partial charge in [0.2, 0.25) is 0 Å². The number of carbonyl (C=O) groups excluding carboxylic acids is 1. The Hall–Kier alpha value is -3.67. The summed E-state index contributed by atoms with van der Waals surface area (Å²) >= 11 is 0. The summed E-state index contributed by atoms with van der Waals surface area (Å²) in [6.45, 7) is 6.24. The van der Waals surface area contributed by atoms with E-state index in [4.69, 9.17) is 0 Å². The van der Waals surface area contributed by atoms with Crippen LogP contribution in [-0.2, 0) is 0 Å². The molecule has 0 unspecified atom stereocenters. The van der Waals surface area contributed by atoms with E-state index in [9.17, 15) is 4.79 Å². The summed E-state index contributed by atoms with van der Waals surface area (Å²) in [7, 11) is 0. The molecule has 1 fully saturated rings. The molecule has 0 saturated carbocycles. The number of benzene rings is 2. The van der Waals surface area contributed by atoms with Gasteiger partial charge in [-0.05, 0) is 37.1 Å². The molecule has 0 atom stereocenters. The molecule has 1 saturated heterocycles. The summed E-state index contributed by atoms with van der Waals surface area (Å²) in [5, 5.41) is 6.09. The minimum absolute atomic E-state index is 0.262. The molecule has 0 aliphatic carbocycles. The molecule has 30 heavy (non-hydrogen) atoms. The smallest absolute Gasteiger partial charge is 0.270 e. The summed E-state index contributed by atoms with van der Waals surface area (Å²) in [4.78, 5) is 24.0. The fourth-order valence-electron chi connectivity index (χ4n) is 3.48. The average Bonchev–Trinajstić information content (AvgIpc) is 3.33.